The third-order valence-corrected chi connectivity index (χ3v) is 3.63. The minimum atomic E-state index is -0.404. The number of carbonyl (C=O) groups is 1. The maximum absolute atomic E-state index is 13.2. The largest absolute Gasteiger partial charge is 0.465 e. The number of anilines is 2. The third kappa shape index (κ3) is 2.90. The Labute approximate surface area is 114 Å². The third-order valence-electron chi connectivity index (χ3n) is 2.58. The van der Waals surface area contributed by atoms with E-state index < -0.39 is 5.97 Å². The van der Waals surface area contributed by atoms with E-state index in [1.807, 2.05) is 0 Å². The molecule has 100 valence electrons. The lowest BCUT2D eigenvalue weighted by Gasteiger charge is -2.03. The molecule has 6 heteroatoms. The lowest BCUT2D eigenvalue weighted by Crippen LogP contribution is -1.99. The fraction of sp³-hybridized carbons (Fsp3) is 0.231. The number of halogens is 1. The summed E-state index contributed by atoms with van der Waals surface area (Å²) >= 11 is 1.21. The number of thiazole rings is 1. The second kappa shape index (κ2) is 5.36. The molecule has 1 heterocycles. The van der Waals surface area contributed by atoms with E-state index in [0.29, 0.717) is 21.3 Å². The molecule has 0 aliphatic carbocycles. The van der Waals surface area contributed by atoms with Crippen LogP contribution < -0.4 is 5.32 Å². The van der Waals surface area contributed by atoms with E-state index >= 15 is 0 Å². The zero-order chi connectivity index (χ0) is 14.0. The van der Waals surface area contributed by atoms with Crippen molar-refractivity contribution in [1.29, 1.82) is 0 Å². The van der Waals surface area contributed by atoms with Gasteiger partial charge in [-0.25, -0.2) is 14.2 Å². The van der Waals surface area contributed by atoms with Crippen molar-refractivity contribution in [2.45, 2.75) is 13.8 Å². The summed E-state index contributed by atoms with van der Waals surface area (Å²) in [6.07, 6.45) is 0. The molecule has 1 N–H and O–H groups in total. The summed E-state index contributed by atoms with van der Waals surface area (Å²) in [5, 5.41) is 3.62. The van der Waals surface area contributed by atoms with Crippen LogP contribution in [0, 0.1) is 19.7 Å². The van der Waals surface area contributed by atoms with Crippen LogP contribution in [0.2, 0.25) is 0 Å². The summed E-state index contributed by atoms with van der Waals surface area (Å²) in [5.41, 5.74) is 1.88. The van der Waals surface area contributed by atoms with Gasteiger partial charge in [-0.1, -0.05) is 11.3 Å². The molecule has 0 aliphatic heterocycles. The van der Waals surface area contributed by atoms with Crippen LogP contribution in [0.3, 0.4) is 0 Å². The van der Waals surface area contributed by atoms with E-state index in [1.165, 1.54) is 24.5 Å². The monoisotopic (exact) mass is 280 g/mol. The van der Waals surface area contributed by atoms with Gasteiger partial charge in [0.1, 0.15) is 10.7 Å². The fourth-order valence-electron chi connectivity index (χ4n) is 1.58. The lowest BCUT2D eigenvalue weighted by molar-refractivity contribution is 0.0605. The molecule has 0 unspecified atom stereocenters. The molecular formula is C13H13FN2O2S. The van der Waals surface area contributed by atoms with Crippen molar-refractivity contribution in [3.8, 4) is 0 Å². The number of nitrogens with one attached hydrogen (secondary N) is 1. The average Bonchev–Trinajstić information content (AvgIpc) is 2.74. The zero-order valence-electron chi connectivity index (χ0n) is 10.8. The number of nitrogens with zero attached hydrogens (tertiary/aromatic N) is 1. The Morgan fingerprint density at radius 2 is 2.16 bits per heavy atom. The van der Waals surface area contributed by atoms with Crippen LogP contribution in [-0.2, 0) is 4.74 Å². The molecule has 0 aliphatic rings. The van der Waals surface area contributed by atoms with Crippen LogP contribution in [-0.4, -0.2) is 18.1 Å². The number of hydrogen-bond donors (Lipinski definition) is 1. The molecule has 0 amide bonds. The lowest BCUT2D eigenvalue weighted by atomic mass is 10.2. The van der Waals surface area contributed by atoms with Crippen LogP contribution in [0.15, 0.2) is 18.2 Å². The van der Waals surface area contributed by atoms with Gasteiger partial charge in [0.05, 0.1) is 12.8 Å². The van der Waals surface area contributed by atoms with Gasteiger partial charge in [0, 0.05) is 5.69 Å². The number of esters is 1. The Hall–Kier alpha value is -1.95. The molecule has 2 rings (SSSR count). The van der Waals surface area contributed by atoms with Gasteiger partial charge < -0.3 is 10.1 Å². The van der Waals surface area contributed by atoms with Crippen LogP contribution in [0.4, 0.5) is 15.2 Å². The summed E-state index contributed by atoms with van der Waals surface area (Å²) in [6, 6.07) is 4.69. The molecule has 0 saturated heterocycles. The fourth-order valence-corrected chi connectivity index (χ4v) is 2.48. The molecule has 0 bridgehead atoms. The number of aromatic nitrogens is 1. The van der Waals surface area contributed by atoms with Gasteiger partial charge in [0.25, 0.3) is 0 Å². The first-order valence-electron chi connectivity index (χ1n) is 5.60. The van der Waals surface area contributed by atoms with Crippen LogP contribution >= 0.6 is 11.3 Å². The molecule has 4 nitrogen and oxygen atoms in total. The molecule has 0 radical (unpaired) electrons. The van der Waals surface area contributed by atoms with E-state index in [2.05, 4.69) is 15.0 Å². The Morgan fingerprint density at radius 3 is 2.79 bits per heavy atom. The molecule has 19 heavy (non-hydrogen) atoms. The van der Waals surface area contributed by atoms with Gasteiger partial charge >= 0.3 is 5.97 Å². The minimum absolute atomic E-state index is 0.254. The van der Waals surface area contributed by atoms with Crippen molar-refractivity contribution in [2.24, 2.45) is 0 Å². The van der Waals surface area contributed by atoms with E-state index in [0.717, 1.165) is 5.69 Å². The van der Waals surface area contributed by atoms with Gasteiger partial charge in [0.15, 0.2) is 5.13 Å². The molecule has 1 aromatic heterocycles. The standard InChI is InChI=1S/C13H13FN2O2S/c1-7-6-9(4-5-10(7)14)16-13-15-8(2)11(19-13)12(17)18-3/h4-6H,1-3H3,(H,15,16). The number of ether oxygens (including phenoxy) is 1. The predicted octanol–water partition coefficient (Wildman–Crippen LogP) is 3.43. The van der Waals surface area contributed by atoms with Crippen molar-refractivity contribution < 1.29 is 13.9 Å². The molecule has 2 aromatic rings. The van der Waals surface area contributed by atoms with Crippen molar-refractivity contribution in [1.82, 2.24) is 4.98 Å². The van der Waals surface area contributed by atoms with Crippen LogP contribution in [0.1, 0.15) is 20.9 Å². The maximum atomic E-state index is 13.2. The van der Waals surface area contributed by atoms with E-state index in [1.54, 1.807) is 26.0 Å². The van der Waals surface area contributed by atoms with Crippen LogP contribution in [0.25, 0.3) is 0 Å². The SMILES string of the molecule is COC(=O)c1sc(Nc2ccc(F)c(C)c2)nc1C. The molecule has 0 fully saturated rings. The first-order valence-corrected chi connectivity index (χ1v) is 6.42. The number of methoxy groups -OCH3 is 1. The Balaban J connectivity index is 2.24. The number of aryl methyl sites for hydroxylation is 2. The Bertz CT molecular complexity index is 625. The Morgan fingerprint density at radius 1 is 1.42 bits per heavy atom. The van der Waals surface area contributed by atoms with E-state index in [9.17, 15) is 9.18 Å². The van der Waals surface area contributed by atoms with Crippen molar-refractivity contribution in [2.75, 3.05) is 12.4 Å². The predicted molar refractivity (Wildman–Crippen MR) is 72.6 cm³/mol. The highest BCUT2D eigenvalue weighted by atomic mass is 32.1. The van der Waals surface area contributed by atoms with Gasteiger partial charge in [-0.3, -0.25) is 0 Å². The quantitative estimate of drug-likeness (QED) is 0.875. The zero-order valence-corrected chi connectivity index (χ0v) is 11.6. The highest BCUT2D eigenvalue weighted by Gasteiger charge is 2.15. The number of benzene rings is 1. The molecule has 0 spiro atoms. The van der Waals surface area contributed by atoms with Crippen molar-refractivity contribution in [3.63, 3.8) is 0 Å². The van der Waals surface area contributed by atoms with Gasteiger partial charge in [-0.2, -0.15) is 0 Å². The summed E-state index contributed by atoms with van der Waals surface area (Å²) < 4.78 is 17.8. The second-order valence-electron chi connectivity index (χ2n) is 4.01. The van der Waals surface area contributed by atoms with Gasteiger partial charge in [0.2, 0.25) is 0 Å². The highest BCUT2D eigenvalue weighted by Crippen LogP contribution is 2.26. The molecule has 0 saturated carbocycles. The summed E-state index contributed by atoms with van der Waals surface area (Å²) in [4.78, 5) is 16.2. The smallest absolute Gasteiger partial charge is 0.350 e. The highest BCUT2D eigenvalue weighted by molar-refractivity contribution is 7.17. The summed E-state index contributed by atoms with van der Waals surface area (Å²) in [6.45, 7) is 3.43. The number of rotatable bonds is 3. The van der Waals surface area contributed by atoms with Crippen molar-refractivity contribution >= 4 is 28.1 Å². The topological polar surface area (TPSA) is 51.2 Å². The first-order chi connectivity index (χ1) is 9.01. The van der Waals surface area contributed by atoms with Crippen molar-refractivity contribution in [3.05, 3.63) is 40.2 Å². The van der Waals surface area contributed by atoms with Gasteiger partial charge in [-0.15, -0.1) is 0 Å². The first kappa shape index (κ1) is 13.5. The van der Waals surface area contributed by atoms with E-state index in [4.69, 9.17) is 0 Å². The minimum Gasteiger partial charge on any atom is -0.465 e. The normalized spacial score (nSPS) is 10.3. The number of carbonyl (C=O) groups excluding carboxylic acids is 1. The summed E-state index contributed by atoms with van der Waals surface area (Å²) in [7, 11) is 1.33. The molecule has 0 atom stereocenters. The number of hydrogen-bond acceptors (Lipinski definition) is 5. The van der Waals surface area contributed by atoms with Gasteiger partial charge in [-0.05, 0) is 37.6 Å². The summed E-state index contributed by atoms with van der Waals surface area (Å²) in [5.74, 6) is -0.658. The average molecular weight is 280 g/mol. The molecular weight excluding hydrogens is 267 g/mol. The van der Waals surface area contributed by atoms with E-state index in [-0.39, 0.29) is 5.82 Å². The maximum Gasteiger partial charge on any atom is 0.350 e. The second-order valence-corrected chi connectivity index (χ2v) is 5.01. The Kier molecular flexibility index (Phi) is 3.80. The van der Waals surface area contributed by atoms with Crippen LogP contribution in [0.5, 0.6) is 0 Å². The molecule has 1 aromatic carbocycles.